The molecule has 8 nitrogen and oxygen atoms in total. The molecule has 35 heavy (non-hydrogen) atoms. The number of piperazine rings is 1. The van der Waals surface area contributed by atoms with Gasteiger partial charge < -0.3 is 14.5 Å². The van der Waals surface area contributed by atoms with E-state index in [0.717, 1.165) is 70.6 Å². The number of carbonyl (C=O) groups excluding carboxylic acids is 2. The fourth-order valence-electron chi connectivity index (χ4n) is 7.85. The summed E-state index contributed by atoms with van der Waals surface area (Å²) in [4.78, 5) is 30.1. The van der Waals surface area contributed by atoms with Gasteiger partial charge in [0.2, 0.25) is 15.9 Å². The van der Waals surface area contributed by atoms with E-state index in [9.17, 15) is 18.0 Å². The Kier molecular flexibility index (Phi) is 7.48. The highest BCUT2D eigenvalue weighted by molar-refractivity contribution is 7.89. The van der Waals surface area contributed by atoms with E-state index >= 15 is 0 Å². The number of amides is 2. The van der Waals surface area contributed by atoms with Crippen molar-refractivity contribution in [3.63, 3.8) is 0 Å². The zero-order chi connectivity index (χ0) is 24.7. The predicted octanol–water partition coefficient (Wildman–Crippen LogP) is 2.77. The molecule has 0 aromatic carbocycles. The van der Waals surface area contributed by atoms with Crippen molar-refractivity contribution < 1.29 is 22.7 Å². The van der Waals surface area contributed by atoms with Crippen LogP contribution in [-0.2, 0) is 24.3 Å². The van der Waals surface area contributed by atoms with E-state index in [1.165, 1.54) is 0 Å². The van der Waals surface area contributed by atoms with E-state index in [0.29, 0.717) is 38.1 Å². The van der Waals surface area contributed by atoms with Crippen molar-refractivity contribution in [2.24, 2.45) is 11.8 Å². The average Bonchev–Trinajstić information content (AvgIpc) is 3.58. The van der Waals surface area contributed by atoms with Crippen LogP contribution in [0.1, 0.15) is 84.5 Å². The molecule has 3 saturated heterocycles. The van der Waals surface area contributed by atoms with Gasteiger partial charge in [0.05, 0.1) is 17.3 Å². The summed E-state index contributed by atoms with van der Waals surface area (Å²) in [6, 6.07) is 0.128. The van der Waals surface area contributed by atoms with Gasteiger partial charge in [-0.2, -0.15) is 0 Å². The van der Waals surface area contributed by atoms with Crippen molar-refractivity contribution in [3.8, 4) is 0 Å². The second kappa shape index (κ2) is 10.3. The minimum Gasteiger partial charge on any atom is -0.368 e. The van der Waals surface area contributed by atoms with Gasteiger partial charge in [0, 0.05) is 39.2 Å². The van der Waals surface area contributed by atoms with Crippen LogP contribution >= 0.6 is 0 Å². The van der Waals surface area contributed by atoms with Crippen molar-refractivity contribution in [1.29, 1.82) is 0 Å². The molecule has 3 heterocycles. The van der Waals surface area contributed by atoms with Gasteiger partial charge in [-0.25, -0.2) is 12.7 Å². The molecule has 198 valence electrons. The Balaban J connectivity index is 1.27. The molecule has 2 amide bonds. The molecule has 5 atom stereocenters. The summed E-state index contributed by atoms with van der Waals surface area (Å²) < 4.78 is 33.6. The number of fused-ring (bicyclic) bond motifs is 1. The number of sulfonamides is 1. The molecule has 0 spiro atoms. The minimum atomic E-state index is -3.16. The molecule has 2 saturated carbocycles. The van der Waals surface area contributed by atoms with E-state index in [1.54, 1.807) is 11.2 Å². The van der Waals surface area contributed by atoms with Crippen molar-refractivity contribution in [2.45, 2.75) is 114 Å². The summed E-state index contributed by atoms with van der Waals surface area (Å²) >= 11 is 0. The second-order valence-corrected chi connectivity index (χ2v) is 13.9. The fraction of sp³-hybridized carbons (Fsp3) is 0.923. The molecule has 5 aliphatic rings. The molecule has 0 aromatic rings. The smallest absolute Gasteiger partial charge is 0.252 e. The van der Waals surface area contributed by atoms with Crippen LogP contribution in [0.5, 0.6) is 0 Å². The van der Waals surface area contributed by atoms with E-state index in [1.807, 2.05) is 4.90 Å². The highest BCUT2D eigenvalue weighted by Gasteiger charge is 2.49. The van der Waals surface area contributed by atoms with E-state index in [4.69, 9.17) is 4.74 Å². The quantitative estimate of drug-likeness (QED) is 0.582. The van der Waals surface area contributed by atoms with Crippen molar-refractivity contribution in [2.75, 3.05) is 26.2 Å². The number of hydrogen-bond donors (Lipinski definition) is 0. The van der Waals surface area contributed by atoms with Gasteiger partial charge in [-0.1, -0.05) is 0 Å². The molecule has 5 fully saturated rings. The predicted molar refractivity (Wildman–Crippen MR) is 133 cm³/mol. The van der Waals surface area contributed by atoms with E-state index in [2.05, 4.69) is 11.8 Å². The van der Waals surface area contributed by atoms with Crippen LogP contribution in [0.2, 0.25) is 0 Å². The summed E-state index contributed by atoms with van der Waals surface area (Å²) in [5.41, 5.74) is 0. The third-order valence-electron chi connectivity index (χ3n) is 9.60. The topological polar surface area (TPSA) is 87.2 Å². The average molecular weight is 510 g/mol. The standard InChI is InChI=1S/C26H43N3O5S/c1-18-17-28(26(31)25-6-5-15-34-25)24-16-21(9-12-23(24)29(18)19(2)30)20-7-10-22(11-8-20)35(32,33)27-13-3-4-14-27/h18,20-25H,3-17H2,1-2H3/t18-,20?,21?,22?,23?,24?,25?/m0/s1. The highest BCUT2D eigenvalue weighted by Crippen LogP contribution is 2.44. The van der Waals surface area contributed by atoms with Crippen LogP contribution < -0.4 is 0 Å². The molecule has 0 radical (unpaired) electrons. The lowest BCUT2D eigenvalue weighted by atomic mass is 9.69. The van der Waals surface area contributed by atoms with Crippen molar-refractivity contribution in [1.82, 2.24) is 14.1 Å². The summed E-state index contributed by atoms with van der Waals surface area (Å²) in [5.74, 6) is 1.19. The summed E-state index contributed by atoms with van der Waals surface area (Å²) in [6.45, 7) is 6.31. The molecule has 9 heteroatoms. The summed E-state index contributed by atoms with van der Waals surface area (Å²) in [5, 5.41) is -0.227. The number of rotatable bonds is 4. The molecule has 0 aromatic heterocycles. The third kappa shape index (κ3) is 4.89. The second-order valence-electron chi connectivity index (χ2n) is 11.7. The molecule has 3 aliphatic heterocycles. The number of hydrogen-bond acceptors (Lipinski definition) is 5. The summed E-state index contributed by atoms with van der Waals surface area (Å²) in [6.07, 6.45) is 9.63. The maximum absolute atomic E-state index is 13.5. The van der Waals surface area contributed by atoms with Gasteiger partial charge >= 0.3 is 0 Å². The Morgan fingerprint density at radius 1 is 0.857 bits per heavy atom. The lowest BCUT2D eigenvalue weighted by molar-refractivity contribution is -0.160. The molecule has 0 bridgehead atoms. The highest BCUT2D eigenvalue weighted by atomic mass is 32.2. The van der Waals surface area contributed by atoms with Crippen LogP contribution in [-0.4, -0.2) is 90.1 Å². The Bertz CT molecular complexity index is 891. The Morgan fingerprint density at radius 3 is 2.17 bits per heavy atom. The minimum absolute atomic E-state index is 0.0156. The van der Waals surface area contributed by atoms with Gasteiger partial charge in [0.25, 0.3) is 5.91 Å². The number of nitrogens with zero attached hydrogens (tertiary/aromatic N) is 3. The maximum atomic E-state index is 13.5. The maximum Gasteiger partial charge on any atom is 0.252 e. The molecule has 2 aliphatic carbocycles. The Morgan fingerprint density at radius 2 is 1.54 bits per heavy atom. The van der Waals surface area contributed by atoms with E-state index < -0.39 is 10.0 Å². The monoisotopic (exact) mass is 509 g/mol. The fourth-order valence-corrected chi connectivity index (χ4v) is 9.91. The molecule has 4 unspecified atom stereocenters. The van der Waals surface area contributed by atoms with Gasteiger partial charge in [-0.15, -0.1) is 0 Å². The Labute approximate surface area is 210 Å². The lowest BCUT2D eigenvalue weighted by Crippen LogP contribution is -2.68. The molecule has 0 N–H and O–H groups in total. The van der Waals surface area contributed by atoms with Crippen LogP contribution in [0.15, 0.2) is 0 Å². The zero-order valence-electron chi connectivity index (χ0n) is 21.4. The SMILES string of the molecule is CC(=O)N1C2CCC(C3CCC(S(=O)(=O)N4CCCC4)CC3)CC2N(C(=O)C2CCCO2)C[C@@H]1C. The third-order valence-corrected chi connectivity index (χ3v) is 12.0. The van der Waals surface area contributed by atoms with Crippen LogP contribution in [0.25, 0.3) is 0 Å². The van der Waals surface area contributed by atoms with Gasteiger partial charge in [0.15, 0.2) is 0 Å². The lowest BCUT2D eigenvalue weighted by Gasteiger charge is -2.55. The first-order chi connectivity index (χ1) is 16.8. The van der Waals surface area contributed by atoms with Crippen LogP contribution in [0, 0.1) is 11.8 Å². The van der Waals surface area contributed by atoms with Crippen molar-refractivity contribution in [3.05, 3.63) is 0 Å². The number of carbonyl (C=O) groups is 2. The molecular weight excluding hydrogens is 466 g/mol. The number of ether oxygens (including phenoxy) is 1. The Hall–Kier alpha value is -1.19. The van der Waals surface area contributed by atoms with Crippen LogP contribution in [0.3, 0.4) is 0 Å². The largest absolute Gasteiger partial charge is 0.368 e. The van der Waals surface area contributed by atoms with E-state index in [-0.39, 0.29) is 41.3 Å². The first-order valence-corrected chi connectivity index (χ1v) is 15.5. The zero-order valence-corrected chi connectivity index (χ0v) is 22.3. The first-order valence-electron chi connectivity index (χ1n) is 14.0. The van der Waals surface area contributed by atoms with Crippen molar-refractivity contribution >= 4 is 21.8 Å². The van der Waals surface area contributed by atoms with Gasteiger partial charge in [0.1, 0.15) is 6.10 Å². The normalized spacial score (nSPS) is 39.0. The van der Waals surface area contributed by atoms with Gasteiger partial charge in [-0.05, 0) is 89.4 Å². The van der Waals surface area contributed by atoms with Gasteiger partial charge in [-0.3, -0.25) is 9.59 Å². The molecule has 5 rings (SSSR count). The summed E-state index contributed by atoms with van der Waals surface area (Å²) in [7, 11) is -3.16. The van der Waals surface area contributed by atoms with Crippen LogP contribution in [0.4, 0.5) is 0 Å². The molecular formula is C26H43N3O5S. The first kappa shape index (κ1) is 25.5.